The molecule has 3 aromatic heterocycles. The number of piperazine rings is 1. The van der Waals surface area contributed by atoms with Gasteiger partial charge in [0.1, 0.15) is 5.82 Å². The summed E-state index contributed by atoms with van der Waals surface area (Å²) < 4.78 is 1.57. The molecule has 4 heterocycles. The van der Waals surface area contributed by atoms with Crippen LogP contribution in [0.1, 0.15) is 21.6 Å². The summed E-state index contributed by atoms with van der Waals surface area (Å²) >= 11 is 3.26. The molecule has 1 N–H and O–H groups in total. The van der Waals surface area contributed by atoms with Gasteiger partial charge < -0.3 is 10.0 Å². The summed E-state index contributed by atoms with van der Waals surface area (Å²) in [7, 11) is 0. The fourth-order valence-electron chi connectivity index (χ4n) is 3.83. The Bertz CT molecular complexity index is 1070. The van der Waals surface area contributed by atoms with E-state index < -0.39 is 0 Å². The number of aromatic nitrogens is 3. The van der Waals surface area contributed by atoms with Crippen LogP contribution in [0.5, 0.6) is 5.88 Å². The van der Waals surface area contributed by atoms with Crippen molar-refractivity contribution in [3.63, 3.8) is 0 Å². The Morgan fingerprint density at radius 3 is 2.50 bits per heavy atom. The van der Waals surface area contributed by atoms with Gasteiger partial charge in [-0.2, -0.15) is 4.52 Å². The van der Waals surface area contributed by atoms with E-state index in [0.717, 1.165) is 36.0 Å². The van der Waals surface area contributed by atoms with Gasteiger partial charge in [-0.1, -0.05) is 35.6 Å². The summed E-state index contributed by atoms with van der Waals surface area (Å²) in [5, 5.41) is 17.3. The van der Waals surface area contributed by atoms with Crippen molar-refractivity contribution < 1.29 is 5.11 Å². The molecule has 5 rings (SSSR count). The number of hydrogen-bond acceptors (Lipinski definition) is 7. The number of benzene rings is 1. The number of hydrogen-bond donors (Lipinski definition) is 1. The molecule has 1 aliphatic heterocycles. The lowest BCUT2D eigenvalue weighted by Gasteiger charge is -2.39. The number of thiazole rings is 1. The molecule has 0 bridgehead atoms. The predicted molar refractivity (Wildman–Crippen MR) is 114 cm³/mol. The monoisotopic (exact) mass is 411 g/mol. The van der Waals surface area contributed by atoms with Crippen LogP contribution in [-0.4, -0.2) is 50.8 Å². The molecule has 0 saturated carbocycles. The third kappa shape index (κ3) is 3.07. The third-order valence-corrected chi connectivity index (χ3v) is 7.16. The van der Waals surface area contributed by atoms with E-state index in [4.69, 9.17) is 0 Å². The number of para-hydroxylation sites is 1. The molecule has 0 spiro atoms. The lowest BCUT2D eigenvalue weighted by Crippen LogP contribution is -2.47. The number of aromatic hydroxyl groups is 1. The molecule has 144 valence electrons. The summed E-state index contributed by atoms with van der Waals surface area (Å²) in [6.07, 6.45) is 0. The topological polar surface area (TPSA) is 56.9 Å². The van der Waals surface area contributed by atoms with Crippen LogP contribution in [0, 0.1) is 6.92 Å². The Balaban J connectivity index is 1.45. The molecule has 0 aliphatic carbocycles. The zero-order chi connectivity index (χ0) is 19.1. The molecule has 1 atom stereocenters. The molecule has 0 amide bonds. The Labute approximate surface area is 171 Å². The van der Waals surface area contributed by atoms with E-state index >= 15 is 0 Å². The first-order chi connectivity index (χ1) is 13.7. The van der Waals surface area contributed by atoms with Crippen molar-refractivity contribution in [3.05, 3.63) is 63.4 Å². The van der Waals surface area contributed by atoms with Gasteiger partial charge in [-0.15, -0.1) is 16.4 Å². The molecule has 0 radical (unpaired) electrons. The van der Waals surface area contributed by atoms with Gasteiger partial charge in [0.25, 0.3) is 0 Å². The average molecular weight is 412 g/mol. The van der Waals surface area contributed by atoms with Gasteiger partial charge in [0.2, 0.25) is 10.8 Å². The Kier molecular flexibility index (Phi) is 4.54. The molecule has 1 aliphatic rings. The molecule has 0 unspecified atom stereocenters. The van der Waals surface area contributed by atoms with E-state index in [1.54, 1.807) is 15.9 Å². The number of rotatable bonds is 4. The standard InChI is InChI=1S/C20H21N5OS2/c1-14-21-20-25(22-14)19(26)18(28-20)17(16-8-5-13-27-16)24-11-9-23(10-12-24)15-6-3-2-4-7-15/h2-8,13,17,26H,9-12H2,1H3/t17-/m0/s1. The van der Waals surface area contributed by atoms with Crippen LogP contribution in [0.2, 0.25) is 0 Å². The quantitative estimate of drug-likeness (QED) is 0.554. The van der Waals surface area contributed by atoms with Crippen LogP contribution in [0.25, 0.3) is 4.96 Å². The molecular weight excluding hydrogens is 390 g/mol. The minimum Gasteiger partial charge on any atom is -0.492 e. The third-order valence-electron chi connectivity index (χ3n) is 5.17. The highest BCUT2D eigenvalue weighted by atomic mass is 32.1. The predicted octanol–water partition coefficient (Wildman–Crippen LogP) is 3.78. The van der Waals surface area contributed by atoms with E-state index in [1.807, 2.05) is 6.92 Å². The lowest BCUT2D eigenvalue weighted by atomic mass is 10.1. The van der Waals surface area contributed by atoms with Gasteiger partial charge in [-0.3, -0.25) is 4.90 Å². The summed E-state index contributed by atoms with van der Waals surface area (Å²) in [4.78, 5) is 12.2. The van der Waals surface area contributed by atoms with E-state index in [1.165, 1.54) is 21.9 Å². The maximum Gasteiger partial charge on any atom is 0.230 e. The largest absolute Gasteiger partial charge is 0.492 e. The molecule has 4 aromatic rings. The van der Waals surface area contributed by atoms with Crippen molar-refractivity contribution in [2.24, 2.45) is 0 Å². The van der Waals surface area contributed by atoms with E-state index in [0.29, 0.717) is 5.82 Å². The van der Waals surface area contributed by atoms with Gasteiger partial charge in [-0.05, 0) is 30.5 Å². The van der Waals surface area contributed by atoms with Crippen LogP contribution < -0.4 is 4.90 Å². The van der Waals surface area contributed by atoms with E-state index in [2.05, 4.69) is 67.7 Å². The summed E-state index contributed by atoms with van der Waals surface area (Å²) in [6, 6.07) is 14.8. The first-order valence-corrected chi connectivity index (χ1v) is 11.0. The van der Waals surface area contributed by atoms with Gasteiger partial charge >= 0.3 is 0 Å². The summed E-state index contributed by atoms with van der Waals surface area (Å²) in [5.41, 5.74) is 1.27. The van der Waals surface area contributed by atoms with Crippen molar-refractivity contribution in [3.8, 4) is 5.88 Å². The zero-order valence-corrected chi connectivity index (χ0v) is 17.2. The van der Waals surface area contributed by atoms with Crippen LogP contribution >= 0.6 is 22.7 Å². The molecule has 1 saturated heterocycles. The number of aryl methyl sites for hydroxylation is 1. The van der Waals surface area contributed by atoms with Crippen molar-refractivity contribution >= 4 is 33.3 Å². The van der Waals surface area contributed by atoms with Crippen molar-refractivity contribution in [1.29, 1.82) is 0 Å². The van der Waals surface area contributed by atoms with Gasteiger partial charge in [-0.25, -0.2) is 4.98 Å². The SMILES string of the molecule is Cc1nc2sc([C@H](c3cccs3)N3CCN(c4ccccc4)CC3)c(O)n2n1. The smallest absolute Gasteiger partial charge is 0.230 e. The molecule has 1 aromatic carbocycles. The van der Waals surface area contributed by atoms with Crippen LogP contribution in [0.3, 0.4) is 0 Å². The number of thiophene rings is 1. The summed E-state index contributed by atoms with van der Waals surface area (Å²) in [5.74, 6) is 0.890. The van der Waals surface area contributed by atoms with E-state index in [9.17, 15) is 5.11 Å². The second kappa shape index (κ2) is 7.20. The fraction of sp³-hybridized carbons (Fsp3) is 0.300. The highest BCUT2D eigenvalue weighted by Crippen LogP contribution is 2.41. The van der Waals surface area contributed by atoms with Gasteiger partial charge in [0.05, 0.1) is 10.9 Å². The average Bonchev–Trinajstić information content (AvgIpc) is 3.43. The van der Waals surface area contributed by atoms with Crippen LogP contribution in [0.15, 0.2) is 47.8 Å². The van der Waals surface area contributed by atoms with Crippen molar-refractivity contribution in [1.82, 2.24) is 19.5 Å². The first kappa shape index (κ1) is 17.7. The Hall–Kier alpha value is -2.42. The molecule has 1 fully saturated rings. The van der Waals surface area contributed by atoms with E-state index in [-0.39, 0.29) is 11.9 Å². The number of fused-ring (bicyclic) bond motifs is 1. The number of nitrogens with zero attached hydrogens (tertiary/aromatic N) is 5. The molecule has 8 heteroatoms. The maximum absolute atomic E-state index is 10.9. The highest BCUT2D eigenvalue weighted by molar-refractivity contribution is 7.17. The minimum absolute atomic E-state index is 0.0340. The fourth-order valence-corrected chi connectivity index (χ4v) is 5.92. The highest BCUT2D eigenvalue weighted by Gasteiger charge is 2.32. The van der Waals surface area contributed by atoms with Crippen LogP contribution in [-0.2, 0) is 0 Å². The normalized spacial score (nSPS) is 16.7. The maximum atomic E-state index is 10.9. The van der Waals surface area contributed by atoms with Gasteiger partial charge in [0.15, 0.2) is 0 Å². The molecule has 6 nitrogen and oxygen atoms in total. The van der Waals surface area contributed by atoms with Crippen molar-refractivity contribution in [2.45, 2.75) is 13.0 Å². The second-order valence-corrected chi connectivity index (χ2v) is 8.91. The Morgan fingerprint density at radius 2 is 1.82 bits per heavy atom. The molecular formula is C20H21N5OS2. The summed E-state index contributed by atoms with van der Waals surface area (Å²) in [6.45, 7) is 5.64. The van der Waals surface area contributed by atoms with Crippen LogP contribution in [0.4, 0.5) is 5.69 Å². The molecule has 28 heavy (non-hydrogen) atoms. The lowest BCUT2D eigenvalue weighted by molar-refractivity contribution is 0.213. The minimum atomic E-state index is 0.0340. The second-order valence-electron chi connectivity index (χ2n) is 6.92. The van der Waals surface area contributed by atoms with Gasteiger partial charge in [0, 0.05) is 36.7 Å². The van der Waals surface area contributed by atoms with Crippen molar-refractivity contribution in [2.75, 3.05) is 31.1 Å². The first-order valence-electron chi connectivity index (χ1n) is 9.33. The zero-order valence-electron chi connectivity index (χ0n) is 15.5. The Morgan fingerprint density at radius 1 is 1.04 bits per heavy atom. The number of anilines is 1.